The molecule has 2 rings (SSSR count). The minimum absolute atomic E-state index is 0.0339. The maximum atomic E-state index is 5.97. The summed E-state index contributed by atoms with van der Waals surface area (Å²) in [5, 5.41) is 2.54. The number of hydrogen-bond acceptors (Lipinski definition) is 1. The van der Waals surface area contributed by atoms with Crippen LogP contribution < -0.4 is 10.2 Å². The van der Waals surface area contributed by atoms with Gasteiger partial charge in [0.1, 0.15) is 0 Å². The van der Waals surface area contributed by atoms with Crippen LogP contribution >= 0.6 is 0 Å². The molecule has 1 aromatic carbocycles. The van der Waals surface area contributed by atoms with Gasteiger partial charge in [-0.05, 0) is 57.9 Å². The fourth-order valence-electron chi connectivity index (χ4n) is 4.54. The zero-order chi connectivity index (χ0) is 18.8. The zero-order valence-electron chi connectivity index (χ0n) is 17.6. The smallest absolute Gasteiger partial charge is 0.0825 e. The lowest BCUT2D eigenvalue weighted by Crippen LogP contribution is -3.11. The van der Waals surface area contributed by atoms with E-state index in [0.717, 1.165) is 12.5 Å². The Hall–Kier alpha value is -0.900. The molecule has 0 aliphatic carbocycles. The van der Waals surface area contributed by atoms with Crippen LogP contribution in [0, 0.1) is 5.92 Å². The van der Waals surface area contributed by atoms with Gasteiger partial charge in [0.05, 0.1) is 38.3 Å². The van der Waals surface area contributed by atoms with E-state index in [9.17, 15) is 0 Å². The standard InChI is InChI=1S/C23H40N2O/c1-5-25(6-2)17-10-15-24-16-13-22(20-11-8-7-9-12-20)21-14-18-26-23(3,4)19-21/h7-9,11-12,21-22,24H,5-6,10,13-19H2,1-4H3/p+2/t21-,22+/m1/s1. The van der Waals surface area contributed by atoms with Gasteiger partial charge in [-0.15, -0.1) is 0 Å². The molecular formula is C23H42N2O+2. The summed E-state index contributed by atoms with van der Waals surface area (Å²) in [6.45, 7) is 16.3. The summed E-state index contributed by atoms with van der Waals surface area (Å²) in [5.74, 6) is 1.42. The van der Waals surface area contributed by atoms with E-state index in [1.807, 2.05) is 0 Å². The first-order valence-electron chi connectivity index (χ1n) is 10.9. The third-order valence-corrected chi connectivity index (χ3v) is 6.15. The van der Waals surface area contributed by atoms with Gasteiger partial charge in [0.2, 0.25) is 0 Å². The van der Waals surface area contributed by atoms with Crippen LogP contribution in [0.4, 0.5) is 0 Å². The number of rotatable bonds is 11. The maximum absolute atomic E-state index is 5.97. The predicted molar refractivity (Wildman–Crippen MR) is 110 cm³/mol. The van der Waals surface area contributed by atoms with E-state index in [0.29, 0.717) is 5.92 Å². The Morgan fingerprint density at radius 3 is 2.54 bits per heavy atom. The topological polar surface area (TPSA) is 30.3 Å². The summed E-state index contributed by atoms with van der Waals surface area (Å²) in [6, 6.07) is 11.2. The van der Waals surface area contributed by atoms with E-state index in [1.54, 1.807) is 4.90 Å². The third kappa shape index (κ3) is 7.02. The average molecular weight is 363 g/mol. The molecule has 1 saturated heterocycles. The Morgan fingerprint density at radius 1 is 1.15 bits per heavy atom. The number of ether oxygens (including phenoxy) is 1. The van der Waals surface area contributed by atoms with Crippen LogP contribution in [0.25, 0.3) is 0 Å². The lowest BCUT2D eigenvalue weighted by molar-refractivity contribution is -0.898. The van der Waals surface area contributed by atoms with Crippen LogP contribution in [-0.2, 0) is 4.74 Å². The Bertz CT molecular complexity index is 484. The molecule has 3 heteroatoms. The second-order valence-corrected chi connectivity index (χ2v) is 8.59. The second kappa shape index (κ2) is 11.1. The van der Waals surface area contributed by atoms with Crippen LogP contribution in [0.1, 0.15) is 64.9 Å². The highest BCUT2D eigenvalue weighted by molar-refractivity contribution is 5.20. The summed E-state index contributed by atoms with van der Waals surface area (Å²) in [4.78, 5) is 1.73. The van der Waals surface area contributed by atoms with Crippen molar-refractivity contribution in [1.29, 1.82) is 0 Å². The Labute approximate surface area is 161 Å². The molecule has 1 aliphatic heterocycles. The fraction of sp³-hybridized carbons (Fsp3) is 0.739. The maximum Gasteiger partial charge on any atom is 0.0825 e. The minimum atomic E-state index is 0.0339. The first-order chi connectivity index (χ1) is 12.6. The van der Waals surface area contributed by atoms with Crippen LogP contribution in [0.2, 0.25) is 0 Å². The molecule has 0 radical (unpaired) electrons. The van der Waals surface area contributed by atoms with Crippen molar-refractivity contribution in [1.82, 2.24) is 0 Å². The molecule has 26 heavy (non-hydrogen) atoms. The summed E-state index contributed by atoms with van der Waals surface area (Å²) in [7, 11) is 0. The number of quaternary nitrogens is 2. The first-order valence-corrected chi connectivity index (χ1v) is 10.9. The molecule has 0 unspecified atom stereocenters. The van der Waals surface area contributed by atoms with Crippen molar-refractivity contribution in [2.24, 2.45) is 5.92 Å². The normalized spacial score (nSPS) is 21.0. The molecule has 1 aromatic rings. The van der Waals surface area contributed by atoms with Gasteiger partial charge >= 0.3 is 0 Å². The molecule has 0 saturated carbocycles. The van der Waals surface area contributed by atoms with Crippen molar-refractivity contribution >= 4 is 0 Å². The molecule has 0 amide bonds. The van der Waals surface area contributed by atoms with E-state index in [2.05, 4.69) is 63.3 Å². The molecule has 1 heterocycles. The first kappa shape index (κ1) is 21.4. The Kier molecular flexibility index (Phi) is 9.10. The van der Waals surface area contributed by atoms with Gasteiger partial charge in [-0.25, -0.2) is 0 Å². The quantitative estimate of drug-likeness (QED) is 0.581. The number of hydrogen-bond donors (Lipinski definition) is 2. The van der Waals surface area contributed by atoms with E-state index in [4.69, 9.17) is 4.74 Å². The van der Waals surface area contributed by atoms with Gasteiger partial charge in [-0.3, -0.25) is 0 Å². The second-order valence-electron chi connectivity index (χ2n) is 8.59. The Morgan fingerprint density at radius 2 is 1.88 bits per heavy atom. The summed E-state index contributed by atoms with van der Waals surface area (Å²) >= 11 is 0. The van der Waals surface area contributed by atoms with E-state index in [-0.39, 0.29) is 5.60 Å². The van der Waals surface area contributed by atoms with Crippen LogP contribution in [0.5, 0.6) is 0 Å². The van der Waals surface area contributed by atoms with Crippen molar-refractivity contribution in [3.05, 3.63) is 35.9 Å². The SMILES string of the molecule is CC[NH+](CC)CCC[NH2+]CC[C@@H](c1ccccc1)[C@@H]1CCOC(C)(C)C1. The van der Waals surface area contributed by atoms with Crippen molar-refractivity contribution in [3.63, 3.8) is 0 Å². The van der Waals surface area contributed by atoms with Crippen LogP contribution in [0.15, 0.2) is 30.3 Å². The van der Waals surface area contributed by atoms with Crippen LogP contribution in [-0.4, -0.2) is 44.9 Å². The molecule has 3 N–H and O–H groups in total. The Balaban J connectivity index is 1.83. The molecule has 0 aromatic heterocycles. The van der Waals surface area contributed by atoms with E-state index < -0.39 is 0 Å². The molecule has 1 aliphatic rings. The van der Waals surface area contributed by atoms with Crippen molar-refractivity contribution in [2.45, 2.75) is 64.9 Å². The van der Waals surface area contributed by atoms with Gasteiger partial charge in [0, 0.05) is 19.4 Å². The van der Waals surface area contributed by atoms with Gasteiger partial charge < -0.3 is 15.0 Å². The lowest BCUT2D eigenvalue weighted by Gasteiger charge is -2.39. The minimum Gasteiger partial charge on any atom is -0.376 e. The lowest BCUT2D eigenvalue weighted by atomic mass is 9.75. The zero-order valence-corrected chi connectivity index (χ0v) is 17.6. The van der Waals surface area contributed by atoms with Gasteiger partial charge in [-0.2, -0.15) is 0 Å². The van der Waals surface area contributed by atoms with E-state index in [1.165, 1.54) is 64.0 Å². The van der Waals surface area contributed by atoms with Crippen molar-refractivity contribution < 1.29 is 15.0 Å². The average Bonchev–Trinajstić information content (AvgIpc) is 2.64. The highest BCUT2D eigenvalue weighted by Crippen LogP contribution is 2.39. The van der Waals surface area contributed by atoms with Crippen LogP contribution in [0.3, 0.4) is 0 Å². The van der Waals surface area contributed by atoms with Gasteiger partial charge in [0.25, 0.3) is 0 Å². The molecule has 2 atom stereocenters. The predicted octanol–water partition coefficient (Wildman–Crippen LogP) is 2.24. The van der Waals surface area contributed by atoms with Crippen molar-refractivity contribution in [2.75, 3.05) is 39.3 Å². The third-order valence-electron chi connectivity index (χ3n) is 6.15. The fourth-order valence-corrected chi connectivity index (χ4v) is 4.54. The number of nitrogens with one attached hydrogen (secondary N) is 1. The van der Waals surface area contributed by atoms with Crippen molar-refractivity contribution in [3.8, 4) is 0 Å². The highest BCUT2D eigenvalue weighted by Gasteiger charge is 2.34. The van der Waals surface area contributed by atoms with Gasteiger partial charge in [-0.1, -0.05) is 30.3 Å². The summed E-state index contributed by atoms with van der Waals surface area (Å²) in [5.41, 5.74) is 1.56. The number of benzene rings is 1. The molecule has 1 fully saturated rings. The number of nitrogens with two attached hydrogens (primary N) is 1. The summed E-state index contributed by atoms with van der Waals surface area (Å²) in [6.07, 6.45) is 4.99. The molecule has 3 nitrogen and oxygen atoms in total. The highest BCUT2D eigenvalue weighted by atomic mass is 16.5. The molecule has 148 valence electrons. The van der Waals surface area contributed by atoms with Gasteiger partial charge in [0.15, 0.2) is 0 Å². The monoisotopic (exact) mass is 362 g/mol. The molecule has 0 spiro atoms. The largest absolute Gasteiger partial charge is 0.376 e. The molecular weight excluding hydrogens is 320 g/mol. The summed E-state index contributed by atoms with van der Waals surface area (Å²) < 4.78 is 5.97. The molecule has 0 bridgehead atoms. The van der Waals surface area contributed by atoms with E-state index >= 15 is 0 Å².